The van der Waals surface area contributed by atoms with Crippen molar-refractivity contribution in [3.8, 4) is 0 Å². The van der Waals surface area contributed by atoms with Crippen molar-refractivity contribution < 1.29 is 23.9 Å². The number of carbonyl (C=O) groups is 3. The highest BCUT2D eigenvalue weighted by molar-refractivity contribution is 9.10. The number of amides is 1. The maximum Gasteiger partial charge on any atom is 0.304 e. The van der Waals surface area contributed by atoms with Crippen LogP contribution in [0.5, 0.6) is 0 Å². The van der Waals surface area contributed by atoms with Gasteiger partial charge in [0.2, 0.25) is 5.91 Å². The number of ketones is 1. The van der Waals surface area contributed by atoms with Gasteiger partial charge >= 0.3 is 5.97 Å². The maximum atomic E-state index is 13.9. The third kappa shape index (κ3) is 3.04. The number of halogens is 2. The zero-order valence-corrected chi connectivity index (χ0v) is 11.9. The van der Waals surface area contributed by atoms with Gasteiger partial charge in [0.1, 0.15) is 5.82 Å². The minimum Gasteiger partial charge on any atom is -0.481 e. The van der Waals surface area contributed by atoms with Crippen LogP contribution in [0, 0.1) is 5.82 Å². The number of rotatable bonds is 4. The van der Waals surface area contributed by atoms with E-state index in [1.54, 1.807) is 0 Å². The van der Waals surface area contributed by atoms with E-state index in [4.69, 9.17) is 5.11 Å². The van der Waals surface area contributed by atoms with Crippen LogP contribution in [0.15, 0.2) is 12.1 Å². The lowest BCUT2D eigenvalue weighted by Gasteiger charge is -2.18. The van der Waals surface area contributed by atoms with Gasteiger partial charge in [0.25, 0.3) is 0 Å². The molecule has 5 nitrogen and oxygen atoms in total. The molecule has 1 aliphatic heterocycles. The topological polar surface area (TPSA) is 83.5 Å². The fraction of sp³-hybridized carbons (Fsp3) is 0.308. The van der Waals surface area contributed by atoms with Crippen molar-refractivity contribution in [2.75, 3.05) is 5.32 Å². The van der Waals surface area contributed by atoms with E-state index in [9.17, 15) is 18.8 Å². The molecule has 1 amide bonds. The van der Waals surface area contributed by atoms with Crippen molar-refractivity contribution in [3.05, 3.63) is 29.1 Å². The zero-order valence-electron chi connectivity index (χ0n) is 10.3. The van der Waals surface area contributed by atoms with E-state index < -0.39 is 28.8 Å². The van der Waals surface area contributed by atoms with Crippen molar-refractivity contribution >= 4 is 39.3 Å². The van der Waals surface area contributed by atoms with Crippen LogP contribution in [-0.4, -0.2) is 27.6 Å². The number of carbonyl (C=O) groups excluding carboxylic acids is 2. The van der Waals surface area contributed by atoms with E-state index in [1.807, 2.05) is 0 Å². The standard InChI is InChI=1S/C13H11BrFNO4/c14-8(4-12(18)19)13(20)7-3-6-1-2-11(17)16-10(6)5-9(7)15/h3,5,8H,1-2,4H2,(H,16,17)(H,18,19). The minimum atomic E-state index is -1.15. The molecule has 7 heteroatoms. The maximum absolute atomic E-state index is 13.9. The van der Waals surface area contributed by atoms with Gasteiger partial charge in [0.05, 0.1) is 16.8 Å². The Morgan fingerprint density at radius 3 is 2.75 bits per heavy atom. The molecule has 1 aliphatic rings. The molecule has 0 fully saturated rings. The molecule has 2 N–H and O–H groups in total. The Bertz CT molecular complexity index is 602. The van der Waals surface area contributed by atoms with Gasteiger partial charge in [-0.2, -0.15) is 0 Å². The second-order valence-electron chi connectivity index (χ2n) is 4.47. The monoisotopic (exact) mass is 343 g/mol. The molecule has 0 saturated carbocycles. The molecule has 2 rings (SSSR count). The van der Waals surface area contributed by atoms with Gasteiger partial charge < -0.3 is 10.4 Å². The van der Waals surface area contributed by atoms with Crippen molar-refractivity contribution in [1.29, 1.82) is 0 Å². The lowest BCUT2D eigenvalue weighted by molar-refractivity contribution is -0.136. The lowest BCUT2D eigenvalue weighted by atomic mass is 9.97. The number of hydrogen-bond donors (Lipinski definition) is 2. The number of carboxylic acid groups (broad SMARTS) is 1. The van der Waals surface area contributed by atoms with Crippen molar-refractivity contribution in [1.82, 2.24) is 0 Å². The average molecular weight is 344 g/mol. The van der Waals surface area contributed by atoms with Crippen LogP contribution < -0.4 is 5.32 Å². The van der Waals surface area contributed by atoms with Crippen LogP contribution in [0.4, 0.5) is 10.1 Å². The summed E-state index contributed by atoms with van der Waals surface area (Å²) < 4.78 is 13.9. The summed E-state index contributed by atoms with van der Waals surface area (Å²) in [6, 6.07) is 2.47. The molecule has 1 unspecified atom stereocenters. The van der Waals surface area contributed by atoms with Crippen molar-refractivity contribution in [2.45, 2.75) is 24.1 Å². The first-order valence-electron chi connectivity index (χ1n) is 5.91. The third-order valence-electron chi connectivity index (χ3n) is 2.99. The summed E-state index contributed by atoms with van der Waals surface area (Å²) in [6.07, 6.45) is 0.277. The van der Waals surface area contributed by atoms with Gasteiger partial charge in [-0.1, -0.05) is 15.9 Å². The van der Waals surface area contributed by atoms with Crippen LogP contribution in [0.1, 0.15) is 28.8 Å². The van der Waals surface area contributed by atoms with Gasteiger partial charge in [0.15, 0.2) is 5.78 Å². The Kier molecular flexibility index (Phi) is 4.17. The number of anilines is 1. The van der Waals surface area contributed by atoms with E-state index in [-0.39, 0.29) is 17.9 Å². The van der Waals surface area contributed by atoms with E-state index in [0.717, 1.165) is 6.07 Å². The van der Waals surface area contributed by atoms with Crippen LogP contribution in [-0.2, 0) is 16.0 Å². The first-order valence-corrected chi connectivity index (χ1v) is 6.82. The largest absolute Gasteiger partial charge is 0.481 e. The van der Waals surface area contributed by atoms with Crippen molar-refractivity contribution in [3.63, 3.8) is 0 Å². The third-order valence-corrected chi connectivity index (χ3v) is 3.73. The van der Waals surface area contributed by atoms with Crippen LogP contribution in [0.2, 0.25) is 0 Å². The average Bonchev–Trinajstić information content (AvgIpc) is 2.36. The Morgan fingerprint density at radius 2 is 2.10 bits per heavy atom. The Morgan fingerprint density at radius 1 is 1.40 bits per heavy atom. The van der Waals surface area contributed by atoms with Gasteiger partial charge in [-0.25, -0.2) is 4.39 Å². The summed E-state index contributed by atoms with van der Waals surface area (Å²) in [7, 11) is 0. The fourth-order valence-electron chi connectivity index (χ4n) is 2.01. The summed E-state index contributed by atoms with van der Waals surface area (Å²) >= 11 is 2.95. The van der Waals surface area contributed by atoms with E-state index >= 15 is 0 Å². The summed E-state index contributed by atoms with van der Waals surface area (Å²) in [5.74, 6) is -2.73. The lowest BCUT2D eigenvalue weighted by Crippen LogP contribution is -2.22. The smallest absolute Gasteiger partial charge is 0.304 e. The Hall–Kier alpha value is -1.76. The van der Waals surface area contributed by atoms with Crippen LogP contribution in [0.25, 0.3) is 0 Å². The molecule has 106 valence electrons. The molecule has 1 aromatic carbocycles. The van der Waals surface area contributed by atoms with E-state index in [2.05, 4.69) is 21.2 Å². The summed E-state index contributed by atoms with van der Waals surface area (Å²) in [6.45, 7) is 0. The number of nitrogens with one attached hydrogen (secondary N) is 1. The molecule has 20 heavy (non-hydrogen) atoms. The second kappa shape index (κ2) is 5.70. The fourth-order valence-corrected chi connectivity index (χ4v) is 2.53. The SMILES string of the molecule is O=C(O)CC(Br)C(=O)c1cc2c(cc1F)NC(=O)CC2. The quantitative estimate of drug-likeness (QED) is 0.648. The molecule has 0 spiro atoms. The Labute approximate surface area is 122 Å². The minimum absolute atomic E-state index is 0.164. The number of Topliss-reactive ketones (excluding diaryl/α,β-unsaturated/α-hetero) is 1. The zero-order chi connectivity index (χ0) is 14.9. The highest BCUT2D eigenvalue weighted by atomic mass is 79.9. The molecule has 0 aliphatic carbocycles. The van der Waals surface area contributed by atoms with E-state index in [0.29, 0.717) is 17.7 Å². The highest BCUT2D eigenvalue weighted by Crippen LogP contribution is 2.27. The summed E-state index contributed by atoms with van der Waals surface area (Å²) in [5, 5.41) is 11.2. The summed E-state index contributed by atoms with van der Waals surface area (Å²) in [5.41, 5.74) is 0.868. The van der Waals surface area contributed by atoms with E-state index in [1.165, 1.54) is 6.07 Å². The van der Waals surface area contributed by atoms with Gasteiger partial charge in [-0.05, 0) is 24.1 Å². The Balaban J connectivity index is 2.31. The first kappa shape index (κ1) is 14.6. The molecule has 0 radical (unpaired) electrons. The van der Waals surface area contributed by atoms with Crippen LogP contribution >= 0.6 is 15.9 Å². The predicted octanol–water partition coefficient (Wildman–Crippen LogP) is 2.13. The molecule has 1 aromatic rings. The molecule has 0 aromatic heterocycles. The molecule has 1 atom stereocenters. The van der Waals surface area contributed by atoms with Gasteiger partial charge in [-0.3, -0.25) is 14.4 Å². The molecular formula is C13H11BrFNO4. The molecule has 1 heterocycles. The number of fused-ring (bicyclic) bond motifs is 1. The number of hydrogen-bond acceptors (Lipinski definition) is 3. The number of aryl methyl sites for hydroxylation is 1. The van der Waals surface area contributed by atoms with Gasteiger partial charge in [0, 0.05) is 12.1 Å². The number of carboxylic acids is 1. The van der Waals surface area contributed by atoms with Gasteiger partial charge in [-0.15, -0.1) is 0 Å². The normalized spacial score (nSPS) is 15.2. The highest BCUT2D eigenvalue weighted by Gasteiger charge is 2.25. The molecule has 0 bridgehead atoms. The number of alkyl halides is 1. The molecule has 0 saturated heterocycles. The predicted molar refractivity (Wildman–Crippen MR) is 72.6 cm³/mol. The number of aliphatic carboxylic acids is 1. The van der Waals surface area contributed by atoms with Crippen molar-refractivity contribution in [2.24, 2.45) is 0 Å². The van der Waals surface area contributed by atoms with Crippen LogP contribution in [0.3, 0.4) is 0 Å². The second-order valence-corrected chi connectivity index (χ2v) is 5.57. The molecular weight excluding hydrogens is 333 g/mol. The number of benzene rings is 1. The first-order chi connectivity index (χ1) is 9.38. The summed E-state index contributed by atoms with van der Waals surface area (Å²) in [4.78, 5) is 32.8.